The molecule has 4 aromatic rings. The molecule has 10 heteroatoms. The summed E-state index contributed by atoms with van der Waals surface area (Å²) in [6.45, 7) is 7.91. The third kappa shape index (κ3) is 5.17. The second-order valence-corrected chi connectivity index (χ2v) is 11.4. The number of amides is 1. The highest BCUT2D eigenvalue weighted by molar-refractivity contribution is 7.98. The number of aromatic nitrogens is 2. The summed E-state index contributed by atoms with van der Waals surface area (Å²) in [5.41, 5.74) is 2.38. The van der Waals surface area contributed by atoms with Gasteiger partial charge in [-0.2, -0.15) is 5.26 Å². The predicted octanol–water partition coefficient (Wildman–Crippen LogP) is 5.40. The third-order valence-electron chi connectivity index (χ3n) is 6.88. The van der Waals surface area contributed by atoms with E-state index in [2.05, 4.69) is 16.0 Å². The summed E-state index contributed by atoms with van der Waals surface area (Å²) in [4.78, 5) is 37.7. The summed E-state index contributed by atoms with van der Waals surface area (Å²) in [6.07, 6.45) is 1.56. The predicted molar refractivity (Wildman–Crippen MR) is 158 cm³/mol. The lowest BCUT2D eigenvalue weighted by atomic mass is 9.98. The van der Waals surface area contributed by atoms with Gasteiger partial charge >= 0.3 is 6.09 Å². The topological polar surface area (TPSA) is 112 Å². The average molecular weight is 558 g/mol. The molecule has 2 aromatic heterocycles. The van der Waals surface area contributed by atoms with Gasteiger partial charge in [-0.05, 0) is 63.4 Å². The number of benzene rings is 2. The number of piperazine rings is 1. The molecule has 1 aliphatic heterocycles. The van der Waals surface area contributed by atoms with Crippen LogP contribution in [0.15, 0.2) is 52.3 Å². The maximum Gasteiger partial charge on any atom is 0.410 e. The molecule has 1 amide bonds. The molecular formula is C30H31N5O4S. The first-order valence-electron chi connectivity index (χ1n) is 13.0. The van der Waals surface area contributed by atoms with Crippen LogP contribution in [-0.4, -0.2) is 66.1 Å². The smallest absolute Gasteiger partial charge is 0.410 e. The second-order valence-electron chi connectivity index (χ2n) is 10.6. The molecule has 0 aliphatic carbocycles. The van der Waals surface area contributed by atoms with Gasteiger partial charge in [-0.15, -0.1) is 11.8 Å². The fraction of sp³-hybridized carbons (Fsp3) is 0.333. The summed E-state index contributed by atoms with van der Waals surface area (Å²) in [6, 6.07) is 15.6. The van der Waals surface area contributed by atoms with Crippen molar-refractivity contribution in [1.29, 1.82) is 5.26 Å². The van der Waals surface area contributed by atoms with Crippen LogP contribution >= 0.6 is 11.8 Å². The number of anilines is 1. The molecule has 206 valence electrons. The van der Waals surface area contributed by atoms with Gasteiger partial charge in [-0.1, -0.05) is 6.07 Å². The van der Waals surface area contributed by atoms with Gasteiger partial charge in [-0.25, -0.2) is 9.78 Å². The van der Waals surface area contributed by atoms with Crippen molar-refractivity contribution in [3.8, 4) is 23.1 Å². The molecule has 0 spiro atoms. The highest BCUT2D eigenvalue weighted by Gasteiger charge is 2.26. The van der Waals surface area contributed by atoms with Crippen LogP contribution in [-0.2, 0) is 4.74 Å². The van der Waals surface area contributed by atoms with Crippen LogP contribution in [0.5, 0.6) is 5.75 Å². The van der Waals surface area contributed by atoms with E-state index >= 15 is 0 Å². The van der Waals surface area contributed by atoms with E-state index in [9.17, 15) is 14.9 Å². The number of carbonyl (C=O) groups excluding carboxylic acids is 1. The maximum absolute atomic E-state index is 13.6. The molecule has 3 heterocycles. The quantitative estimate of drug-likeness (QED) is 0.262. The fourth-order valence-electron chi connectivity index (χ4n) is 4.97. The highest BCUT2D eigenvalue weighted by atomic mass is 32.2. The Morgan fingerprint density at radius 2 is 1.77 bits per heavy atom. The number of hydrogen-bond acceptors (Lipinski definition) is 8. The average Bonchev–Trinajstić information content (AvgIpc) is 2.95. The Morgan fingerprint density at radius 3 is 2.38 bits per heavy atom. The number of nitriles is 1. The summed E-state index contributed by atoms with van der Waals surface area (Å²) in [7, 11) is 1.60. The molecule has 2 aromatic carbocycles. The van der Waals surface area contributed by atoms with Crippen molar-refractivity contribution in [2.45, 2.75) is 31.4 Å². The Morgan fingerprint density at radius 1 is 1.07 bits per heavy atom. The molecule has 1 N–H and O–H groups in total. The molecule has 0 saturated carbocycles. The van der Waals surface area contributed by atoms with Crippen molar-refractivity contribution in [1.82, 2.24) is 14.9 Å². The molecule has 40 heavy (non-hydrogen) atoms. The third-order valence-corrected chi connectivity index (χ3v) is 7.56. The number of fused-ring (bicyclic) bond motifs is 3. The lowest BCUT2D eigenvalue weighted by Gasteiger charge is -2.36. The minimum absolute atomic E-state index is 0.308. The van der Waals surface area contributed by atoms with Gasteiger partial charge < -0.3 is 24.3 Å². The lowest BCUT2D eigenvalue weighted by Crippen LogP contribution is -2.50. The van der Waals surface area contributed by atoms with Crippen molar-refractivity contribution < 1.29 is 14.3 Å². The van der Waals surface area contributed by atoms with E-state index in [1.54, 1.807) is 12.0 Å². The van der Waals surface area contributed by atoms with Crippen LogP contribution in [0, 0.1) is 11.3 Å². The molecule has 1 fully saturated rings. The van der Waals surface area contributed by atoms with E-state index in [0.717, 1.165) is 16.6 Å². The normalized spacial score (nSPS) is 13.9. The summed E-state index contributed by atoms with van der Waals surface area (Å²) in [5, 5.41) is 12.5. The van der Waals surface area contributed by atoms with Gasteiger partial charge in [0.25, 0.3) is 5.56 Å². The van der Waals surface area contributed by atoms with Crippen LogP contribution in [0.1, 0.15) is 26.3 Å². The number of rotatable bonds is 4. The lowest BCUT2D eigenvalue weighted by molar-refractivity contribution is 0.0240. The van der Waals surface area contributed by atoms with E-state index in [4.69, 9.17) is 14.5 Å². The Hall–Kier alpha value is -4.23. The zero-order valence-electron chi connectivity index (χ0n) is 23.2. The molecule has 0 radical (unpaired) electrons. The number of thioether (sulfide) groups is 1. The van der Waals surface area contributed by atoms with Gasteiger partial charge in [-0.3, -0.25) is 4.79 Å². The monoisotopic (exact) mass is 557 g/mol. The number of ether oxygens (including phenoxy) is 2. The Balaban J connectivity index is 1.57. The molecule has 0 atom stereocenters. The van der Waals surface area contributed by atoms with E-state index in [1.165, 1.54) is 11.8 Å². The molecule has 0 unspecified atom stereocenters. The minimum Gasteiger partial charge on any atom is -0.497 e. The van der Waals surface area contributed by atoms with E-state index in [-0.39, 0.29) is 11.7 Å². The van der Waals surface area contributed by atoms with Crippen LogP contribution in [0.3, 0.4) is 0 Å². The van der Waals surface area contributed by atoms with E-state index in [0.29, 0.717) is 64.5 Å². The number of nitrogens with one attached hydrogen (secondary N) is 1. The van der Waals surface area contributed by atoms with E-state index in [1.807, 2.05) is 69.5 Å². The number of hydrogen-bond donors (Lipinski definition) is 1. The number of H-pyrrole nitrogens is 1. The van der Waals surface area contributed by atoms with Gasteiger partial charge in [0.05, 0.1) is 29.3 Å². The zero-order chi connectivity index (χ0) is 28.6. The number of nitrogens with zero attached hydrogens (tertiary/aromatic N) is 4. The summed E-state index contributed by atoms with van der Waals surface area (Å²) < 4.78 is 10.8. The van der Waals surface area contributed by atoms with Crippen molar-refractivity contribution in [3.63, 3.8) is 0 Å². The van der Waals surface area contributed by atoms with Crippen LogP contribution in [0.25, 0.3) is 32.9 Å². The minimum atomic E-state index is -0.539. The molecule has 5 rings (SSSR count). The fourth-order valence-corrected chi connectivity index (χ4v) is 5.51. The standard InChI is InChI=1S/C30H31N5O4S/c1-30(2,3)39-29(37)35-14-12-34(13-15-35)19-8-11-21-23(16-19)32-27(36)25-24(21)22(17-31)28(40-5)33-26(25)18-6-9-20(38-4)10-7-18/h6-11,16H,12-15H2,1-5H3,(H,32,36). The van der Waals surface area contributed by atoms with Gasteiger partial charge in [0.15, 0.2) is 0 Å². The maximum atomic E-state index is 13.6. The molecule has 9 nitrogen and oxygen atoms in total. The Labute approximate surface area is 236 Å². The van der Waals surface area contributed by atoms with Gasteiger partial charge in [0, 0.05) is 48.2 Å². The Bertz CT molecular complexity index is 1700. The molecule has 0 bridgehead atoms. The Kier molecular flexibility index (Phi) is 7.34. The van der Waals surface area contributed by atoms with Gasteiger partial charge in [0.2, 0.25) is 0 Å². The molecular weight excluding hydrogens is 526 g/mol. The van der Waals surface area contributed by atoms with Crippen molar-refractivity contribution in [2.75, 3.05) is 44.4 Å². The first-order chi connectivity index (χ1) is 19.1. The molecule has 1 saturated heterocycles. The second kappa shape index (κ2) is 10.7. The highest BCUT2D eigenvalue weighted by Crippen LogP contribution is 2.36. The first kappa shape index (κ1) is 27.3. The van der Waals surface area contributed by atoms with Crippen LogP contribution in [0.2, 0.25) is 0 Å². The summed E-state index contributed by atoms with van der Waals surface area (Å²) in [5.74, 6) is 0.700. The first-order valence-corrected chi connectivity index (χ1v) is 14.2. The number of carbonyl (C=O) groups is 1. The van der Waals surface area contributed by atoms with Gasteiger partial charge in [0.1, 0.15) is 22.4 Å². The summed E-state index contributed by atoms with van der Waals surface area (Å²) >= 11 is 1.38. The SMILES string of the molecule is COc1ccc(-c2nc(SC)c(C#N)c3c2c(=O)[nH]c2cc(N4CCN(C(=O)OC(C)(C)C)CC4)ccc23)cc1. The number of aromatic amines is 1. The van der Waals surface area contributed by atoms with Crippen molar-refractivity contribution in [3.05, 3.63) is 58.4 Å². The largest absolute Gasteiger partial charge is 0.497 e. The van der Waals surface area contributed by atoms with Crippen molar-refractivity contribution in [2.24, 2.45) is 0 Å². The number of methoxy groups -OCH3 is 1. The van der Waals surface area contributed by atoms with E-state index < -0.39 is 5.60 Å². The molecule has 1 aliphatic rings. The zero-order valence-corrected chi connectivity index (χ0v) is 24.0. The van der Waals surface area contributed by atoms with Crippen LogP contribution < -0.4 is 15.2 Å². The number of pyridine rings is 2. The van der Waals surface area contributed by atoms with Crippen molar-refractivity contribution >= 4 is 45.2 Å². The van der Waals surface area contributed by atoms with Crippen LogP contribution in [0.4, 0.5) is 10.5 Å².